The van der Waals surface area contributed by atoms with E-state index in [0.29, 0.717) is 0 Å². The van der Waals surface area contributed by atoms with Gasteiger partial charge in [-0.15, -0.1) is 8.58 Å². The SMILES string of the molecule is [C-]#[O+].[C-]#[O+].[Fe+2].[Mn].[Pt].c1cc[cH-]c1.c1cc[cH-]c1.c1ccc(P(c2ccccc2)c2ccccc2)cc1.c1ccc(Pc2cc[cH-]c2)cc1. The van der Waals surface area contributed by atoms with Crippen LogP contribution in [0.5, 0.6) is 0 Å². The van der Waals surface area contributed by atoms with E-state index < -0.39 is 7.92 Å². The first-order chi connectivity index (χ1) is 22.4. The molecule has 0 fully saturated rings. The van der Waals surface area contributed by atoms with Gasteiger partial charge >= 0.3 is 39.7 Å². The molecule has 0 heterocycles. The minimum atomic E-state index is -0.446. The van der Waals surface area contributed by atoms with E-state index in [0.717, 1.165) is 8.58 Å². The van der Waals surface area contributed by atoms with Crippen molar-refractivity contribution in [1.82, 2.24) is 0 Å². The van der Waals surface area contributed by atoms with Gasteiger partial charge in [-0.2, -0.15) is 59.9 Å². The molecule has 0 aliphatic carbocycles. The molecule has 0 aromatic heterocycles. The molecule has 0 aliphatic heterocycles. The third kappa shape index (κ3) is 19.7. The van der Waals surface area contributed by atoms with Crippen molar-refractivity contribution in [3.8, 4) is 0 Å². The van der Waals surface area contributed by atoms with Crippen LogP contribution in [-0.2, 0) is 64.5 Å². The van der Waals surface area contributed by atoms with Crippen LogP contribution in [0, 0.1) is 13.3 Å². The topological polar surface area (TPSA) is 39.8 Å². The molecular weight excluding hydrogens is 892 g/mol. The van der Waals surface area contributed by atoms with Crippen molar-refractivity contribution in [2.75, 3.05) is 0 Å². The zero-order chi connectivity index (χ0) is 32.2. The van der Waals surface area contributed by atoms with Gasteiger partial charge in [0.15, 0.2) is 0 Å². The molecule has 247 valence electrons. The Bertz CT molecular complexity index is 1470. The summed E-state index contributed by atoms with van der Waals surface area (Å²) in [5.74, 6) is 0. The summed E-state index contributed by atoms with van der Waals surface area (Å²) >= 11 is 0. The molecule has 0 aliphatic rings. The predicted octanol–water partition coefficient (Wildman–Crippen LogP) is 8.21. The van der Waals surface area contributed by atoms with E-state index in [4.69, 9.17) is 9.30 Å². The molecule has 0 saturated heterocycles. The molecule has 1 radical (unpaired) electrons. The van der Waals surface area contributed by atoms with Crippen molar-refractivity contribution in [3.05, 3.63) is 220 Å². The molecular formula is C41H35FeMnO2P2Pt-. The summed E-state index contributed by atoms with van der Waals surface area (Å²) in [4.78, 5) is 0. The Morgan fingerprint density at radius 3 is 1.02 bits per heavy atom. The molecule has 0 spiro atoms. The molecule has 0 N–H and O–H groups in total. The van der Waals surface area contributed by atoms with Crippen molar-refractivity contribution >= 4 is 43.0 Å². The molecule has 2 nitrogen and oxygen atoms in total. The van der Waals surface area contributed by atoms with Crippen LogP contribution < -0.4 is 26.5 Å². The minimum absolute atomic E-state index is 0. The second-order valence-electron chi connectivity index (χ2n) is 8.93. The smallest absolute Gasteiger partial charge is 0.214 e. The largest absolute Gasteiger partial charge is 2.00 e. The molecule has 7 rings (SSSR count). The summed E-state index contributed by atoms with van der Waals surface area (Å²) in [6.07, 6.45) is 0. The Labute approximate surface area is 324 Å². The van der Waals surface area contributed by atoms with Crippen LogP contribution >= 0.6 is 16.5 Å². The molecule has 0 bridgehead atoms. The van der Waals surface area contributed by atoms with Crippen molar-refractivity contribution in [1.29, 1.82) is 0 Å². The van der Waals surface area contributed by atoms with Gasteiger partial charge in [0.25, 0.3) is 0 Å². The van der Waals surface area contributed by atoms with Gasteiger partial charge in [-0.1, -0.05) is 121 Å². The molecule has 7 aromatic carbocycles. The first-order valence-corrected chi connectivity index (χ1v) is 16.5. The van der Waals surface area contributed by atoms with Crippen LogP contribution in [0.25, 0.3) is 0 Å². The van der Waals surface area contributed by atoms with Gasteiger partial charge in [-0.3, -0.25) is 0 Å². The fourth-order valence-electron chi connectivity index (χ4n) is 3.97. The van der Waals surface area contributed by atoms with Crippen LogP contribution in [-0.4, -0.2) is 0 Å². The van der Waals surface area contributed by atoms with Crippen molar-refractivity contribution < 1.29 is 64.5 Å². The maximum Gasteiger partial charge on any atom is 2.00 e. The molecule has 0 saturated carbocycles. The Hall–Kier alpha value is -3.00. The Balaban J connectivity index is 0. The van der Waals surface area contributed by atoms with E-state index in [-0.39, 0.29) is 55.2 Å². The fraction of sp³-hybridized carbons (Fsp3) is 0. The summed E-state index contributed by atoms with van der Waals surface area (Å²) in [6.45, 7) is 9.00. The molecule has 48 heavy (non-hydrogen) atoms. The van der Waals surface area contributed by atoms with Crippen LogP contribution in [0.4, 0.5) is 0 Å². The van der Waals surface area contributed by atoms with E-state index >= 15 is 0 Å². The zero-order valence-electron chi connectivity index (χ0n) is 25.9. The summed E-state index contributed by atoms with van der Waals surface area (Å²) in [5.41, 5.74) is 0. The van der Waals surface area contributed by atoms with Crippen molar-refractivity contribution in [2.45, 2.75) is 0 Å². The first kappa shape index (κ1) is 47.1. The molecule has 1 unspecified atom stereocenters. The normalized spacial score (nSPS) is 8.69. The molecule has 1 atom stereocenters. The number of rotatable bonds is 5. The summed E-state index contributed by atoms with van der Waals surface area (Å²) in [7, 11) is 0.355. The first-order valence-electron chi connectivity index (χ1n) is 14.1. The van der Waals surface area contributed by atoms with Gasteiger partial charge < -0.3 is 0 Å². The third-order valence-electron chi connectivity index (χ3n) is 5.88. The molecule has 0 amide bonds. The number of hydrogen-bond donors (Lipinski definition) is 0. The average molecular weight is 928 g/mol. The monoisotopic (exact) mass is 927 g/mol. The standard InChI is InChI=1S/C18H15P.C11H10P.2C5H5.2CO.Fe.Mn.Pt/c1-4-10-16(11-5-1)19(17-12-6-2-7-13-17)18-14-8-3-9-15-18;1-2-6-10(7-3-1)12-11-8-4-5-9-11;2*1-2-4-5-3-1;2*1-2;;;/h1-15H;1-9,12H;2*1-5H;;;;;/q;3*-1;;;+2;;. The summed E-state index contributed by atoms with van der Waals surface area (Å²) in [6, 6.07) is 71.4. The Kier molecular flexibility index (Phi) is 31.9. The van der Waals surface area contributed by atoms with Gasteiger partial charge in [0.2, 0.25) is 0 Å². The van der Waals surface area contributed by atoms with Crippen molar-refractivity contribution in [2.24, 2.45) is 0 Å². The quantitative estimate of drug-likeness (QED) is 0.0724. The van der Waals surface area contributed by atoms with Crippen LogP contribution in [0.15, 0.2) is 206 Å². The van der Waals surface area contributed by atoms with Crippen LogP contribution in [0.2, 0.25) is 0 Å². The summed E-state index contributed by atoms with van der Waals surface area (Å²) < 4.78 is 15.0. The van der Waals surface area contributed by atoms with Gasteiger partial charge in [0.1, 0.15) is 0 Å². The van der Waals surface area contributed by atoms with E-state index in [1.165, 1.54) is 26.5 Å². The third-order valence-corrected chi connectivity index (χ3v) is 9.57. The molecule has 7 aromatic rings. The van der Waals surface area contributed by atoms with E-state index in [1.54, 1.807) is 0 Å². The second kappa shape index (κ2) is 32.5. The van der Waals surface area contributed by atoms with E-state index in [1.807, 2.05) is 60.7 Å². The van der Waals surface area contributed by atoms with Gasteiger partial charge in [-0.25, -0.2) is 30.3 Å². The van der Waals surface area contributed by atoms with Crippen molar-refractivity contribution in [3.63, 3.8) is 0 Å². The number of hydrogen-bond acceptors (Lipinski definition) is 0. The predicted molar refractivity (Wildman–Crippen MR) is 193 cm³/mol. The van der Waals surface area contributed by atoms with Gasteiger partial charge in [0.05, 0.1) is 0 Å². The van der Waals surface area contributed by atoms with Gasteiger partial charge in [-0.05, 0) is 29.1 Å². The maximum absolute atomic E-state index is 7.50. The maximum atomic E-state index is 7.50. The minimum Gasteiger partial charge on any atom is -0.214 e. The van der Waals surface area contributed by atoms with Crippen LogP contribution in [0.3, 0.4) is 0 Å². The zero-order valence-corrected chi connectivity index (χ0v) is 32.4. The average Bonchev–Trinajstić information content (AvgIpc) is 3.97. The van der Waals surface area contributed by atoms with E-state index in [9.17, 15) is 0 Å². The summed E-state index contributed by atoms with van der Waals surface area (Å²) in [5, 5.41) is 7.02. The van der Waals surface area contributed by atoms with Crippen LogP contribution in [0.1, 0.15) is 0 Å². The fourth-order valence-corrected chi connectivity index (χ4v) is 7.32. The Morgan fingerprint density at radius 1 is 0.417 bits per heavy atom. The van der Waals surface area contributed by atoms with E-state index in [2.05, 4.69) is 159 Å². The Morgan fingerprint density at radius 2 is 0.750 bits per heavy atom. The molecule has 7 heteroatoms. The van der Waals surface area contributed by atoms with Gasteiger partial charge in [0, 0.05) is 38.1 Å². The second-order valence-corrected chi connectivity index (χ2v) is 12.6. The number of benzene rings is 4.